The van der Waals surface area contributed by atoms with Gasteiger partial charge in [0.05, 0.1) is 0 Å². The Kier molecular flexibility index (Phi) is 4.88. The second-order valence-corrected chi connectivity index (χ2v) is 7.13. The number of benzene rings is 2. The van der Waals surface area contributed by atoms with Crippen LogP contribution in [0.3, 0.4) is 0 Å². The number of aromatic nitrogens is 2. The summed E-state index contributed by atoms with van der Waals surface area (Å²) in [6, 6.07) is 14.7. The van der Waals surface area contributed by atoms with Crippen LogP contribution in [0.4, 0.5) is 5.13 Å². The number of aliphatic imine (C=N–C) groups is 1. The predicted octanol–water partition coefficient (Wildman–Crippen LogP) is 5.29. The Labute approximate surface area is 144 Å². The summed E-state index contributed by atoms with van der Waals surface area (Å²) >= 11 is 3.24. The van der Waals surface area contributed by atoms with E-state index >= 15 is 0 Å². The summed E-state index contributed by atoms with van der Waals surface area (Å²) in [6.45, 7) is 4.18. The molecule has 0 bridgehead atoms. The number of nitrogens with zero attached hydrogens (tertiary/aromatic N) is 3. The van der Waals surface area contributed by atoms with E-state index in [2.05, 4.69) is 77.8 Å². The maximum absolute atomic E-state index is 4.44. The summed E-state index contributed by atoms with van der Waals surface area (Å²) in [5.74, 6) is 0. The van der Waals surface area contributed by atoms with E-state index in [1.807, 2.05) is 6.21 Å². The molecule has 0 amide bonds. The van der Waals surface area contributed by atoms with E-state index in [0.29, 0.717) is 5.13 Å². The van der Waals surface area contributed by atoms with Gasteiger partial charge in [-0.25, -0.2) is 4.99 Å². The molecular weight excluding hydrogens is 322 g/mol. The lowest BCUT2D eigenvalue weighted by Crippen LogP contribution is -1.82. The van der Waals surface area contributed by atoms with Gasteiger partial charge < -0.3 is 0 Å². The zero-order chi connectivity index (χ0) is 16.2. The molecule has 0 fully saturated rings. The molecule has 0 saturated heterocycles. The Hall–Kier alpha value is -1.98. The molecule has 3 nitrogen and oxygen atoms in total. The summed E-state index contributed by atoms with van der Waals surface area (Å²) in [4.78, 5) is 5.68. The number of rotatable bonds is 4. The van der Waals surface area contributed by atoms with Gasteiger partial charge in [0, 0.05) is 16.7 Å². The largest absolute Gasteiger partial charge is 0.231 e. The van der Waals surface area contributed by atoms with Crippen LogP contribution in [0, 0.1) is 13.8 Å². The molecule has 3 aromatic rings. The molecule has 2 aromatic carbocycles. The molecule has 5 heteroatoms. The molecular formula is C18H17N3S2. The van der Waals surface area contributed by atoms with Gasteiger partial charge in [0.15, 0.2) is 0 Å². The van der Waals surface area contributed by atoms with Crippen molar-refractivity contribution in [3.05, 3.63) is 59.2 Å². The smallest absolute Gasteiger partial charge is 0.226 e. The Morgan fingerprint density at radius 3 is 2.35 bits per heavy atom. The van der Waals surface area contributed by atoms with Crippen LogP contribution in [0.1, 0.15) is 16.7 Å². The lowest BCUT2D eigenvalue weighted by Gasteiger charge is -2.00. The molecule has 0 unspecified atom stereocenters. The van der Waals surface area contributed by atoms with Gasteiger partial charge in [0.25, 0.3) is 0 Å². The zero-order valence-electron chi connectivity index (χ0n) is 13.3. The van der Waals surface area contributed by atoms with E-state index in [0.717, 1.165) is 16.1 Å². The summed E-state index contributed by atoms with van der Waals surface area (Å²) in [6.07, 6.45) is 3.90. The topological polar surface area (TPSA) is 38.1 Å². The summed E-state index contributed by atoms with van der Waals surface area (Å²) in [5, 5.41) is 10.0. The standard InChI is InChI=1S/C18H17N3S2/c1-12-8-13(2)10-15(9-12)17-20-21-18(23-17)19-11-14-4-6-16(22-3)7-5-14/h4-11H,1-3H3/b19-11+. The highest BCUT2D eigenvalue weighted by Gasteiger charge is 2.06. The van der Waals surface area contributed by atoms with Crippen molar-refractivity contribution < 1.29 is 0 Å². The first-order valence-electron chi connectivity index (χ1n) is 7.24. The fraction of sp³-hybridized carbons (Fsp3) is 0.167. The van der Waals surface area contributed by atoms with Gasteiger partial charge >= 0.3 is 0 Å². The molecule has 3 rings (SSSR count). The monoisotopic (exact) mass is 339 g/mol. The predicted molar refractivity (Wildman–Crippen MR) is 100 cm³/mol. The Balaban J connectivity index is 1.79. The molecule has 0 aliphatic rings. The van der Waals surface area contributed by atoms with Crippen LogP contribution < -0.4 is 0 Å². The van der Waals surface area contributed by atoms with Crippen LogP contribution in [0.15, 0.2) is 52.4 Å². The molecule has 116 valence electrons. The van der Waals surface area contributed by atoms with E-state index in [4.69, 9.17) is 0 Å². The molecule has 0 spiro atoms. The van der Waals surface area contributed by atoms with Crippen LogP contribution in [0.5, 0.6) is 0 Å². The number of aryl methyl sites for hydroxylation is 2. The van der Waals surface area contributed by atoms with Crippen LogP contribution >= 0.6 is 23.1 Å². The fourth-order valence-electron chi connectivity index (χ4n) is 2.30. The molecule has 0 radical (unpaired) electrons. The van der Waals surface area contributed by atoms with Gasteiger partial charge in [-0.15, -0.1) is 22.0 Å². The van der Waals surface area contributed by atoms with E-state index in [1.54, 1.807) is 11.8 Å². The van der Waals surface area contributed by atoms with Crippen LogP contribution in [0.2, 0.25) is 0 Å². The maximum Gasteiger partial charge on any atom is 0.231 e. The molecule has 0 aliphatic carbocycles. The van der Waals surface area contributed by atoms with Gasteiger partial charge in [-0.1, -0.05) is 40.7 Å². The average Bonchev–Trinajstić information content (AvgIpc) is 3.01. The van der Waals surface area contributed by atoms with Gasteiger partial charge in [0.1, 0.15) is 5.01 Å². The Morgan fingerprint density at radius 1 is 1.00 bits per heavy atom. The first-order valence-corrected chi connectivity index (χ1v) is 9.28. The molecule has 1 heterocycles. The van der Waals surface area contributed by atoms with Crippen molar-refractivity contribution in [2.75, 3.05) is 6.26 Å². The normalized spacial score (nSPS) is 11.3. The number of hydrogen-bond acceptors (Lipinski definition) is 5. The molecule has 0 aliphatic heterocycles. The second kappa shape index (κ2) is 7.06. The molecule has 0 saturated carbocycles. The van der Waals surface area contributed by atoms with Crippen molar-refractivity contribution in [2.45, 2.75) is 18.7 Å². The van der Waals surface area contributed by atoms with Crippen LogP contribution in [0.25, 0.3) is 10.6 Å². The summed E-state index contributed by atoms with van der Waals surface area (Å²) in [7, 11) is 0. The van der Waals surface area contributed by atoms with Crippen molar-refractivity contribution in [3.63, 3.8) is 0 Å². The van der Waals surface area contributed by atoms with E-state index in [-0.39, 0.29) is 0 Å². The Bertz CT molecular complexity index is 815. The minimum Gasteiger partial charge on any atom is -0.226 e. The summed E-state index contributed by atoms with van der Waals surface area (Å²) < 4.78 is 0. The van der Waals surface area contributed by atoms with Crippen molar-refractivity contribution in [3.8, 4) is 10.6 Å². The van der Waals surface area contributed by atoms with Gasteiger partial charge in [0.2, 0.25) is 5.13 Å². The minimum absolute atomic E-state index is 0.674. The van der Waals surface area contributed by atoms with Crippen molar-refractivity contribution in [2.24, 2.45) is 4.99 Å². The zero-order valence-corrected chi connectivity index (χ0v) is 14.9. The lowest BCUT2D eigenvalue weighted by molar-refractivity contribution is 1.09. The number of hydrogen-bond donors (Lipinski definition) is 0. The van der Waals surface area contributed by atoms with Gasteiger partial charge in [-0.05, 0) is 49.9 Å². The molecule has 0 N–H and O–H groups in total. The van der Waals surface area contributed by atoms with E-state index in [9.17, 15) is 0 Å². The SMILES string of the molecule is CSc1ccc(/C=N/c2nnc(-c3cc(C)cc(C)c3)s2)cc1. The van der Waals surface area contributed by atoms with Crippen LogP contribution in [-0.4, -0.2) is 22.7 Å². The highest BCUT2D eigenvalue weighted by molar-refractivity contribution is 7.98. The fourth-order valence-corrected chi connectivity index (χ4v) is 3.39. The minimum atomic E-state index is 0.674. The van der Waals surface area contributed by atoms with Crippen molar-refractivity contribution in [1.82, 2.24) is 10.2 Å². The first kappa shape index (κ1) is 15.9. The maximum atomic E-state index is 4.44. The molecule has 1 aromatic heterocycles. The highest BCUT2D eigenvalue weighted by Crippen LogP contribution is 2.29. The third kappa shape index (κ3) is 4.06. The molecule has 0 atom stereocenters. The van der Waals surface area contributed by atoms with E-state index < -0.39 is 0 Å². The van der Waals surface area contributed by atoms with Gasteiger partial charge in [-0.2, -0.15) is 0 Å². The second-order valence-electron chi connectivity index (χ2n) is 5.30. The number of thioether (sulfide) groups is 1. The van der Waals surface area contributed by atoms with Gasteiger partial charge in [-0.3, -0.25) is 0 Å². The average molecular weight is 339 g/mol. The Morgan fingerprint density at radius 2 is 1.70 bits per heavy atom. The quantitative estimate of drug-likeness (QED) is 0.478. The van der Waals surface area contributed by atoms with Crippen molar-refractivity contribution >= 4 is 34.4 Å². The van der Waals surface area contributed by atoms with Crippen LogP contribution in [-0.2, 0) is 0 Å². The third-order valence-corrected chi connectivity index (χ3v) is 4.95. The van der Waals surface area contributed by atoms with Crippen molar-refractivity contribution in [1.29, 1.82) is 0 Å². The summed E-state index contributed by atoms with van der Waals surface area (Å²) in [5.41, 5.74) is 4.62. The third-order valence-electron chi connectivity index (χ3n) is 3.32. The lowest BCUT2D eigenvalue weighted by atomic mass is 10.1. The first-order chi connectivity index (χ1) is 11.1. The highest BCUT2D eigenvalue weighted by atomic mass is 32.2. The molecule has 23 heavy (non-hydrogen) atoms. The van der Waals surface area contributed by atoms with E-state index in [1.165, 1.54) is 27.4 Å².